The van der Waals surface area contributed by atoms with E-state index in [0.29, 0.717) is 21.5 Å². The maximum absolute atomic E-state index is 13.7. The van der Waals surface area contributed by atoms with Gasteiger partial charge in [0.25, 0.3) is 5.91 Å². The van der Waals surface area contributed by atoms with Crippen LogP contribution in [-0.4, -0.2) is 17.0 Å². The largest absolute Gasteiger partial charge is 0.478 e. The van der Waals surface area contributed by atoms with Gasteiger partial charge in [-0.15, -0.1) is 0 Å². The van der Waals surface area contributed by atoms with E-state index in [0.717, 1.165) is 28.6 Å². The van der Waals surface area contributed by atoms with Crippen LogP contribution in [0.15, 0.2) is 77.3 Å². The fourth-order valence-corrected chi connectivity index (χ4v) is 4.25. The minimum absolute atomic E-state index is 0.230. The summed E-state index contributed by atoms with van der Waals surface area (Å²) in [7, 11) is 0. The lowest BCUT2D eigenvalue weighted by Crippen LogP contribution is -2.19. The molecule has 0 spiro atoms. The van der Waals surface area contributed by atoms with Gasteiger partial charge in [-0.05, 0) is 70.8 Å². The first kappa shape index (κ1) is 23.5. The second-order valence-electron chi connectivity index (χ2n) is 7.67. The summed E-state index contributed by atoms with van der Waals surface area (Å²) in [6.45, 7) is 1.75. The van der Waals surface area contributed by atoms with Crippen molar-refractivity contribution in [3.8, 4) is 11.1 Å². The fourth-order valence-electron chi connectivity index (χ4n) is 3.89. The molecular formula is C26H17BrF3NO3. The van der Waals surface area contributed by atoms with Crippen molar-refractivity contribution in [2.24, 2.45) is 0 Å². The average molecular weight is 528 g/mol. The third kappa shape index (κ3) is 4.54. The van der Waals surface area contributed by atoms with Crippen molar-refractivity contribution in [2.75, 3.05) is 5.32 Å². The van der Waals surface area contributed by atoms with Gasteiger partial charge in [0.1, 0.15) is 0 Å². The Kier molecular flexibility index (Phi) is 6.18. The van der Waals surface area contributed by atoms with E-state index in [1.54, 1.807) is 13.0 Å². The van der Waals surface area contributed by atoms with E-state index < -0.39 is 34.9 Å². The molecule has 0 radical (unpaired) electrons. The van der Waals surface area contributed by atoms with Crippen molar-refractivity contribution in [1.29, 1.82) is 0 Å². The highest BCUT2D eigenvalue weighted by atomic mass is 79.9. The molecule has 4 aromatic carbocycles. The summed E-state index contributed by atoms with van der Waals surface area (Å²) < 4.78 is 41.7. The third-order valence-corrected chi connectivity index (χ3v) is 5.99. The van der Waals surface area contributed by atoms with Crippen molar-refractivity contribution in [2.45, 2.75) is 13.1 Å². The zero-order valence-corrected chi connectivity index (χ0v) is 19.3. The Bertz CT molecular complexity index is 1430. The molecule has 0 unspecified atom stereocenters. The number of halogens is 4. The van der Waals surface area contributed by atoms with Crippen molar-refractivity contribution < 1.29 is 27.9 Å². The number of rotatable bonds is 4. The minimum Gasteiger partial charge on any atom is -0.478 e. The fraction of sp³-hybridized carbons (Fsp3) is 0.0769. The van der Waals surface area contributed by atoms with Crippen molar-refractivity contribution >= 4 is 44.3 Å². The van der Waals surface area contributed by atoms with Gasteiger partial charge in [-0.1, -0.05) is 52.3 Å². The van der Waals surface area contributed by atoms with Crippen LogP contribution in [0, 0.1) is 6.92 Å². The number of fused-ring (bicyclic) bond motifs is 1. The second-order valence-corrected chi connectivity index (χ2v) is 8.59. The lowest BCUT2D eigenvalue weighted by Gasteiger charge is -2.18. The van der Waals surface area contributed by atoms with Gasteiger partial charge in [-0.25, -0.2) is 4.79 Å². The Labute approximate surface area is 201 Å². The van der Waals surface area contributed by atoms with Gasteiger partial charge in [0.15, 0.2) is 0 Å². The molecule has 0 aliphatic heterocycles. The number of carbonyl (C=O) groups excluding carboxylic acids is 1. The van der Waals surface area contributed by atoms with Gasteiger partial charge in [0.05, 0.1) is 22.4 Å². The molecule has 1 amide bonds. The Morgan fingerprint density at radius 3 is 2.29 bits per heavy atom. The van der Waals surface area contributed by atoms with Crippen LogP contribution in [0.1, 0.15) is 31.8 Å². The maximum atomic E-state index is 13.7. The number of carboxylic acids is 1. The van der Waals surface area contributed by atoms with Gasteiger partial charge >= 0.3 is 12.1 Å². The monoisotopic (exact) mass is 527 g/mol. The molecular weight excluding hydrogens is 511 g/mol. The number of hydrogen-bond acceptors (Lipinski definition) is 2. The van der Waals surface area contributed by atoms with Crippen LogP contribution in [0.5, 0.6) is 0 Å². The number of nitrogens with one attached hydrogen (secondary N) is 1. The van der Waals surface area contributed by atoms with E-state index in [2.05, 4.69) is 21.2 Å². The summed E-state index contributed by atoms with van der Waals surface area (Å²) in [5, 5.41) is 12.8. The van der Waals surface area contributed by atoms with E-state index in [1.807, 2.05) is 48.5 Å². The standard InChI is InChI=1S/C26H17BrF3NO3/c1-14-19(15-5-3-2-4-6-15)11-16-7-9-18(27)13-20(16)23(14)24(32)31-22-10-8-17(25(33)34)12-21(22)26(28,29)30/h2-13H,1H3,(H,31,32)(H,33,34). The summed E-state index contributed by atoms with van der Waals surface area (Å²) >= 11 is 3.39. The van der Waals surface area contributed by atoms with Gasteiger partial charge in [0, 0.05) is 4.47 Å². The molecule has 0 aliphatic carbocycles. The van der Waals surface area contributed by atoms with E-state index in [-0.39, 0.29) is 5.56 Å². The van der Waals surface area contributed by atoms with E-state index in [9.17, 15) is 22.8 Å². The first-order valence-electron chi connectivity index (χ1n) is 10.1. The van der Waals surface area contributed by atoms with Crippen molar-refractivity contribution in [1.82, 2.24) is 0 Å². The zero-order chi connectivity index (χ0) is 24.6. The van der Waals surface area contributed by atoms with Crippen LogP contribution in [0.4, 0.5) is 18.9 Å². The third-order valence-electron chi connectivity index (χ3n) is 5.50. The quantitative estimate of drug-likeness (QED) is 0.288. The highest BCUT2D eigenvalue weighted by Crippen LogP contribution is 2.38. The maximum Gasteiger partial charge on any atom is 0.418 e. The van der Waals surface area contributed by atoms with Crippen LogP contribution >= 0.6 is 15.9 Å². The van der Waals surface area contributed by atoms with Gasteiger partial charge in [-0.3, -0.25) is 4.79 Å². The SMILES string of the molecule is Cc1c(-c2ccccc2)cc2ccc(Br)cc2c1C(=O)Nc1ccc(C(=O)O)cc1C(F)(F)F. The predicted molar refractivity (Wildman–Crippen MR) is 128 cm³/mol. The molecule has 0 saturated heterocycles. The number of carbonyl (C=O) groups is 2. The summed E-state index contributed by atoms with van der Waals surface area (Å²) in [5.74, 6) is -2.22. The van der Waals surface area contributed by atoms with Crippen molar-refractivity contribution in [3.63, 3.8) is 0 Å². The summed E-state index contributed by atoms with van der Waals surface area (Å²) in [4.78, 5) is 24.6. The molecule has 0 aliphatic rings. The molecule has 8 heteroatoms. The van der Waals surface area contributed by atoms with Gasteiger partial charge in [0.2, 0.25) is 0 Å². The number of carboxylic acid groups (broad SMARTS) is 1. The second kappa shape index (κ2) is 8.95. The van der Waals surface area contributed by atoms with E-state index in [1.165, 1.54) is 0 Å². The number of anilines is 1. The van der Waals surface area contributed by atoms with Crippen LogP contribution in [0.25, 0.3) is 21.9 Å². The molecule has 0 atom stereocenters. The minimum atomic E-state index is -4.86. The predicted octanol–water partition coefficient (Wildman–Crippen LogP) is 7.55. The van der Waals surface area contributed by atoms with E-state index >= 15 is 0 Å². The Hall–Kier alpha value is -3.65. The van der Waals surface area contributed by atoms with Crippen LogP contribution in [-0.2, 0) is 6.18 Å². The Balaban J connectivity index is 1.89. The lowest BCUT2D eigenvalue weighted by atomic mass is 9.90. The highest BCUT2D eigenvalue weighted by Gasteiger charge is 2.35. The lowest BCUT2D eigenvalue weighted by molar-refractivity contribution is -0.136. The van der Waals surface area contributed by atoms with Gasteiger partial charge < -0.3 is 10.4 Å². The summed E-state index contributed by atoms with van der Waals surface area (Å²) in [6, 6.07) is 19.2. The highest BCUT2D eigenvalue weighted by molar-refractivity contribution is 9.10. The molecule has 4 rings (SSSR count). The number of aromatic carboxylic acids is 1. The number of amides is 1. The number of alkyl halides is 3. The molecule has 4 aromatic rings. The molecule has 0 saturated carbocycles. The molecule has 34 heavy (non-hydrogen) atoms. The molecule has 0 fully saturated rings. The normalized spacial score (nSPS) is 11.4. The average Bonchev–Trinajstić information content (AvgIpc) is 2.78. The smallest absolute Gasteiger partial charge is 0.418 e. The molecule has 0 aromatic heterocycles. The topological polar surface area (TPSA) is 66.4 Å². The van der Waals surface area contributed by atoms with Crippen molar-refractivity contribution in [3.05, 3.63) is 99.5 Å². The summed E-state index contributed by atoms with van der Waals surface area (Å²) in [5.41, 5.74) is 0.192. The Morgan fingerprint density at radius 1 is 0.941 bits per heavy atom. The van der Waals surface area contributed by atoms with Crippen LogP contribution in [0.3, 0.4) is 0 Å². The van der Waals surface area contributed by atoms with E-state index in [4.69, 9.17) is 5.11 Å². The number of hydrogen-bond donors (Lipinski definition) is 2. The van der Waals surface area contributed by atoms with Crippen LogP contribution in [0.2, 0.25) is 0 Å². The molecule has 0 heterocycles. The molecule has 0 bridgehead atoms. The molecule has 2 N–H and O–H groups in total. The Morgan fingerprint density at radius 2 is 1.65 bits per heavy atom. The molecule has 4 nitrogen and oxygen atoms in total. The summed E-state index contributed by atoms with van der Waals surface area (Å²) in [6.07, 6.45) is -4.86. The zero-order valence-electron chi connectivity index (χ0n) is 17.7. The first-order chi connectivity index (χ1) is 16.1. The molecule has 172 valence electrons. The van der Waals surface area contributed by atoms with Gasteiger partial charge in [-0.2, -0.15) is 13.2 Å². The number of benzene rings is 4. The first-order valence-corrected chi connectivity index (χ1v) is 10.9. The van der Waals surface area contributed by atoms with Crippen LogP contribution < -0.4 is 5.32 Å².